The Kier molecular flexibility index (Phi) is 5.54. The Labute approximate surface area is 211 Å². The molecule has 2 aromatic carbocycles. The summed E-state index contributed by atoms with van der Waals surface area (Å²) in [6, 6.07) is 16.6. The van der Waals surface area contributed by atoms with Crippen molar-refractivity contribution in [2.24, 2.45) is 11.1 Å². The zero-order chi connectivity index (χ0) is 22.6. The third-order valence-electron chi connectivity index (χ3n) is 7.03. The first-order valence-electron chi connectivity index (χ1n) is 11.0. The van der Waals surface area contributed by atoms with Crippen molar-refractivity contribution in [1.82, 2.24) is 9.97 Å². The molecule has 168 valence electrons. The van der Waals surface area contributed by atoms with Crippen LogP contribution in [0.15, 0.2) is 64.0 Å². The summed E-state index contributed by atoms with van der Waals surface area (Å²) in [6.45, 7) is 1.92. The minimum absolute atomic E-state index is 0.128. The standard InChI is InChI=1S/C25H22Cl2N4S2/c26-17-6-3-7-19(22(17)27)32-24-30-18-12-21(29-14-20(18)33-24)31-10-8-25(9-11-31)13-15-4-1-2-5-16(15)23(25)28/h1-7,12,14,23H,8-11,13,28H2/t23-/m1/s1. The lowest BCUT2D eigenvalue weighted by atomic mass is 9.73. The molecule has 2 N–H and O–H groups in total. The summed E-state index contributed by atoms with van der Waals surface area (Å²) in [7, 11) is 0. The van der Waals surface area contributed by atoms with Gasteiger partial charge in [-0.25, -0.2) is 9.97 Å². The maximum Gasteiger partial charge on any atom is 0.156 e. The molecule has 0 amide bonds. The van der Waals surface area contributed by atoms with Crippen molar-refractivity contribution in [3.8, 4) is 0 Å². The van der Waals surface area contributed by atoms with Crippen LogP contribution in [0, 0.1) is 5.41 Å². The van der Waals surface area contributed by atoms with E-state index in [0.717, 1.165) is 57.6 Å². The van der Waals surface area contributed by atoms with Crippen LogP contribution in [0.5, 0.6) is 0 Å². The number of anilines is 1. The van der Waals surface area contributed by atoms with Crippen molar-refractivity contribution in [2.45, 2.75) is 34.5 Å². The van der Waals surface area contributed by atoms with E-state index in [-0.39, 0.29) is 11.5 Å². The lowest BCUT2D eigenvalue weighted by molar-refractivity contribution is 0.187. The van der Waals surface area contributed by atoms with E-state index < -0.39 is 0 Å². The number of thiazole rings is 1. The average molecular weight is 514 g/mol. The maximum absolute atomic E-state index is 6.74. The highest BCUT2D eigenvalue weighted by molar-refractivity contribution is 8.01. The molecular formula is C25H22Cl2N4S2. The van der Waals surface area contributed by atoms with Gasteiger partial charge in [0.05, 0.1) is 20.3 Å². The third kappa shape index (κ3) is 3.82. The summed E-state index contributed by atoms with van der Waals surface area (Å²) in [5.41, 5.74) is 10.6. The number of piperidine rings is 1. The summed E-state index contributed by atoms with van der Waals surface area (Å²) in [5, 5.41) is 1.12. The van der Waals surface area contributed by atoms with Crippen LogP contribution in [-0.2, 0) is 6.42 Å². The van der Waals surface area contributed by atoms with E-state index in [1.54, 1.807) is 17.4 Å². The first-order valence-corrected chi connectivity index (χ1v) is 13.4. The normalized spacial score (nSPS) is 19.4. The molecule has 0 unspecified atom stereocenters. The second kappa shape index (κ2) is 8.43. The van der Waals surface area contributed by atoms with E-state index in [9.17, 15) is 0 Å². The Morgan fingerprint density at radius 2 is 1.91 bits per heavy atom. The number of aromatic nitrogens is 2. The topological polar surface area (TPSA) is 55.0 Å². The molecule has 1 atom stereocenters. The van der Waals surface area contributed by atoms with Gasteiger partial charge in [-0.3, -0.25) is 0 Å². The minimum Gasteiger partial charge on any atom is -0.357 e. The van der Waals surface area contributed by atoms with Gasteiger partial charge < -0.3 is 10.6 Å². The highest BCUT2D eigenvalue weighted by atomic mass is 35.5. The predicted molar refractivity (Wildman–Crippen MR) is 139 cm³/mol. The minimum atomic E-state index is 0.128. The van der Waals surface area contributed by atoms with Crippen molar-refractivity contribution in [1.29, 1.82) is 0 Å². The lowest BCUT2D eigenvalue weighted by Gasteiger charge is -2.42. The van der Waals surface area contributed by atoms with Crippen LogP contribution in [-0.4, -0.2) is 23.1 Å². The molecule has 2 aliphatic rings. The van der Waals surface area contributed by atoms with Gasteiger partial charge in [0.25, 0.3) is 0 Å². The predicted octanol–water partition coefficient (Wildman–Crippen LogP) is 6.99. The highest BCUT2D eigenvalue weighted by Gasteiger charge is 2.45. The van der Waals surface area contributed by atoms with E-state index in [1.807, 2.05) is 18.3 Å². The molecule has 1 aliphatic heterocycles. The maximum atomic E-state index is 6.74. The molecule has 0 saturated carbocycles. The van der Waals surface area contributed by atoms with E-state index >= 15 is 0 Å². The Hall–Kier alpha value is -1.83. The number of rotatable bonds is 3. The van der Waals surface area contributed by atoms with Gasteiger partial charge >= 0.3 is 0 Å². The van der Waals surface area contributed by atoms with Gasteiger partial charge in [0.1, 0.15) is 5.82 Å². The number of halogens is 2. The molecule has 1 saturated heterocycles. The van der Waals surface area contributed by atoms with E-state index in [2.05, 4.69) is 35.2 Å². The van der Waals surface area contributed by atoms with Gasteiger partial charge in [0, 0.05) is 36.3 Å². The number of hydrogen-bond acceptors (Lipinski definition) is 6. The summed E-state index contributed by atoms with van der Waals surface area (Å²) in [6.07, 6.45) is 5.18. The number of hydrogen-bond donors (Lipinski definition) is 1. The Bertz CT molecular complexity index is 1350. The summed E-state index contributed by atoms with van der Waals surface area (Å²) < 4.78 is 2.00. The summed E-state index contributed by atoms with van der Waals surface area (Å²) >= 11 is 15.7. The molecule has 33 heavy (non-hydrogen) atoms. The molecule has 1 spiro atoms. The third-order valence-corrected chi connectivity index (χ3v) is 10.1. The van der Waals surface area contributed by atoms with Gasteiger partial charge in [-0.1, -0.05) is 65.3 Å². The van der Waals surface area contributed by atoms with E-state index in [0.29, 0.717) is 10.0 Å². The molecule has 4 nitrogen and oxygen atoms in total. The fourth-order valence-electron chi connectivity index (χ4n) is 5.16. The van der Waals surface area contributed by atoms with Crippen LogP contribution in [0.1, 0.15) is 30.0 Å². The van der Waals surface area contributed by atoms with E-state index in [4.69, 9.17) is 38.9 Å². The number of benzene rings is 2. The molecule has 0 radical (unpaired) electrons. The quantitative estimate of drug-likeness (QED) is 0.320. The molecular weight excluding hydrogens is 491 g/mol. The Balaban J connectivity index is 1.19. The van der Waals surface area contributed by atoms with Crippen molar-refractivity contribution in [3.63, 3.8) is 0 Å². The van der Waals surface area contributed by atoms with Gasteiger partial charge in [0.15, 0.2) is 4.34 Å². The van der Waals surface area contributed by atoms with Gasteiger partial charge in [-0.15, -0.1) is 11.3 Å². The summed E-state index contributed by atoms with van der Waals surface area (Å²) in [5.74, 6) is 0.990. The monoisotopic (exact) mass is 512 g/mol. The number of nitrogens with zero attached hydrogens (tertiary/aromatic N) is 3. The highest BCUT2D eigenvalue weighted by Crippen LogP contribution is 2.51. The molecule has 2 aromatic heterocycles. The van der Waals surface area contributed by atoms with Gasteiger partial charge in [-0.05, 0) is 47.9 Å². The number of pyridine rings is 1. The lowest BCUT2D eigenvalue weighted by Crippen LogP contribution is -2.44. The molecule has 1 fully saturated rings. The smallest absolute Gasteiger partial charge is 0.156 e. The molecule has 3 heterocycles. The fraction of sp³-hybridized carbons (Fsp3) is 0.280. The summed E-state index contributed by atoms with van der Waals surface area (Å²) in [4.78, 5) is 12.9. The van der Waals surface area contributed by atoms with Crippen molar-refractivity contribution >= 4 is 62.3 Å². The first kappa shape index (κ1) is 21.7. The van der Waals surface area contributed by atoms with Gasteiger partial charge in [-0.2, -0.15) is 0 Å². The second-order valence-corrected chi connectivity index (χ2v) is 12.0. The van der Waals surface area contributed by atoms with Crippen LogP contribution in [0.4, 0.5) is 5.82 Å². The van der Waals surface area contributed by atoms with Crippen LogP contribution in [0.3, 0.4) is 0 Å². The molecule has 0 bridgehead atoms. The Morgan fingerprint density at radius 3 is 2.73 bits per heavy atom. The first-order chi connectivity index (χ1) is 16.0. The van der Waals surface area contributed by atoms with Crippen LogP contribution >= 0.6 is 46.3 Å². The second-order valence-electron chi connectivity index (χ2n) is 8.85. The molecule has 4 aromatic rings. The van der Waals surface area contributed by atoms with Crippen LogP contribution in [0.25, 0.3) is 10.2 Å². The fourth-order valence-corrected chi connectivity index (χ4v) is 7.67. The SMILES string of the molecule is N[C@@H]1c2ccccc2CC12CCN(c1cc3nc(Sc4cccc(Cl)c4Cl)sc3cn1)CC2. The zero-order valence-corrected chi connectivity index (χ0v) is 20.9. The van der Waals surface area contributed by atoms with Gasteiger partial charge in [0.2, 0.25) is 0 Å². The molecule has 6 rings (SSSR count). The number of nitrogens with two attached hydrogens (primary N) is 1. The number of fused-ring (bicyclic) bond motifs is 2. The molecule has 1 aliphatic carbocycles. The van der Waals surface area contributed by atoms with Crippen LogP contribution in [0.2, 0.25) is 10.0 Å². The van der Waals surface area contributed by atoms with Crippen molar-refractivity contribution < 1.29 is 0 Å². The molecule has 8 heteroatoms. The van der Waals surface area contributed by atoms with Crippen molar-refractivity contribution in [2.75, 3.05) is 18.0 Å². The largest absolute Gasteiger partial charge is 0.357 e. The zero-order valence-electron chi connectivity index (χ0n) is 17.8. The Morgan fingerprint density at radius 1 is 1.09 bits per heavy atom. The van der Waals surface area contributed by atoms with Crippen LogP contribution < -0.4 is 10.6 Å². The average Bonchev–Trinajstić information content (AvgIpc) is 3.35. The van der Waals surface area contributed by atoms with E-state index in [1.165, 1.54) is 22.9 Å². The van der Waals surface area contributed by atoms with Crippen molar-refractivity contribution in [3.05, 3.63) is 75.9 Å².